The van der Waals surface area contributed by atoms with E-state index in [1.807, 2.05) is 6.07 Å². The minimum atomic E-state index is -0.602. The molecule has 1 aromatic carbocycles. The van der Waals surface area contributed by atoms with E-state index in [1.165, 1.54) is 0 Å². The molecular formula is C9H9ClN2O2. The van der Waals surface area contributed by atoms with Crippen molar-refractivity contribution in [2.45, 2.75) is 6.04 Å². The van der Waals surface area contributed by atoms with Crippen molar-refractivity contribution in [2.75, 3.05) is 6.79 Å². The lowest BCUT2D eigenvalue weighted by atomic mass is 10.1. The van der Waals surface area contributed by atoms with Gasteiger partial charge in [-0.1, -0.05) is 6.07 Å². The fourth-order valence-corrected chi connectivity index (χ4v) is 1.18. The first-order chi connectivity index (χ1) is 6.31. The van der Waals surface area contributed by atoms with Gasteiger partial charge in [0.1, 0.15) is 6.04 Å². The van der Waals surface area contributed by atoms with Gasteiger partial charge in [-0.05, 0) is 17.7 Å². The predicted octanol–water partition coefficient (Wildman–Crippen LogP) is 1.36. The van der Waals surface area contributed by atoms with Gasteiger partial charge in [-0.25, -0.2) is 0 Å². The number of benzene rings is 1. The predicted molar refractivity (Wildman–Crippen MR) is 52.4 cm³/mol. The highest BCUT2D eigenvalue weighted by molar-refractivity contribution is 5.85. The van der Waals surface area contributed by atoms with E-state index >= 15 is 0 Å². The molecule has 0 saturated heterocycles. The third-order valence-electron chi connectivity index (χ3n) is 1.89. The fraction of sp³-hybridized carbons (Fsp3) is 0.222. The molecule has 1 unspecified atom stereocenters. The van der Waals surface area contributed by atoms with Gasteiger partial charge in [0.25, 0.3) is 0 Å². The second-order valence-corrected chi connectivity index (χ2v) is 2.72. The normalized spacial score (nSPS) is 14.0. The molecule has 4 nitrogen and oxygen atoms in total. The van der Waals surface area contributed by atoms with Crippen molar-refractivity contribution in [2.24, 2.45) is 5.73 Å². The van der Waals surface area contributed by atoms with Gasteiger partial charge in [-0.15, -0.1) is 12.4 Å². The summed E-state index contributed by atoms with van der Waals surface area (Å²) in [5, 5.41) is 8.59. The van der Waals surface area contributed by atoms with Crippen molar-refractivity contribution in [1.29, 1.82) is 5.26 Å². The van der Waals surface area contributed by atoms with Crippen molar-refractivity contribution in [3.63, 3.8) is 0 Å². The summed E-state index contributed by atoms with van der Waals surface area (Å²) in [5.41, 5.74) is 6.27. The zero-order chi connectivity index (χ0) is 9.26. The Kier molecular flexibility index (Phi) is 3.18. The maximum Gasteiger partial charge on any atom is 0.231 e. The average molecular weight is 213 g/mol. The highest BCUT2D eigenvalue weighted by Crippen LogP contribution is 2.33. The molecule has 0 aromatic heterocycles. The lowest BCUT2D eigenvalue weighted by molar-refractivity contribution is 0.174. The summed E-state index contributed by atoms with van der Waals surface area (Å²) in [7, 11) is 0. The Morgan fingerprint density at radius 3 is 2.79 bits per heavy atom. The lowest BCUT2D eigenvalue weighted by Gasteiger charge is -2.03. The maximum atomic E-state index is 8.59. The van der Waals surface area contributed by atoms with Gasteiger partial charge in [0.2, 0.25) is 6.79 Å². The van der Waals surface area contributed by atoms with E-state index in [9.17, 15) is 0 Å². The first-order valence-electron chi connectivity index (χ1n) is 3.86. The summed E-state index contributed by atoms with van der Waals surface area (Å²) in [6.45, 7) is 0.237. The van der Waals surface area contributed by atoms with Crippen LogP contribution in [0, 0.1) is 11.3 Å². The molecule has 1 heterocycles. The van der Waals surface area contributed by atoms with Crippen LogP contribution >= 0.6 is 12.4 Å². The van der Waals surface area contributed by atoms with E-state index in [4.69, 9.17) is 20.5 Å². The number of halogens is 1. The van der Waals surface area contributed by atoms with E-state index < -0.39 is 6.04 Å². The standard InChI is InChI=1S/C9H8N2O2.ClH/c10-4-7(11)6-1-2-8-9(3-6)13-5-12-8;/h1-3,7H,5,11H2;1H. The number of ether oxygens (including phenoxy) is 2. The van der Waals surface area contributed by atoms with Crippen LogP contribution in [0.3, 0.4) is 0 Å². The Bertz CT molecular complexity index is 376. The molecule has 2 N–H and O–H groups in total. The van der Waals surface area contributed by atoms with Gasteiger partial charge < -0.3 is 15.2 Å². The van der Waals surface area contributed by atoms with Crippen LogP contribution < -0.4 is 15.2 Å². The molecule has 5 heteroatoms. The van der Waals surface area contributed by atoms with E-state index in [2.05, 4.69) is 0 Å². The van der Waals surface area contributed by atoms with Crippen molar-refractivity contribution >= 4 is 12.4 Å². The zero-order valence-corrected chi connectivity index (χ0v) is 8.08. The molecule has 0 bridgehead atoms. The van der Waals surface area contributed by atoms with Gasteiger partial charge in [0.15, 0.2) is 11.5 Å². The lowest BCUT2D eigenvalue weighted by Crippen LogP contribution is -2.06. The largest absolute Gasteiger partial charge is 0.454 e. The van der Waals surface area contributed by atoms with Gasteiger partial charge in [0, 0.05) is 0 Å². The highest BCUT2D eigenvalue weighted by Gasteiger charge is 2.15. The number of nitriles is 1. The summed E-state index contributed by atoms with van der Waals surface area (Å²) in [4.78, 5) is 0. The molecular weight excluding hydrogens is 204 g/mol. The first kappa shape index (κ1) is 10.6. The molecule has 0 radical (unpaired) electrons. The summed E-state index contributed by atoms with van der Waals surface area (Å²) in [6.07, 6.45) is 0. The van der Waals surface area contributed by atoms with Gasteiger partial charge in [-0.2, -0.15) is 5.26 Å². The quantitative estimate of drug-likeness (QED) is 0.763. The van der Waals surface area contributed by atoms with E-state index in [0.29, 0.717) is 11.5 Å². The van der Waals surface area contributed by atoms with Crippen molar-refractivity contribution in [1.82, 2.24) is 0 Å². The summed E-state index contributed by atoms with van der Waals surface area (Å²) in [6, 6.07) is 6.61. The van der Waals surface area contributed by atoms with Crippen LogP contribution in [0.5, 0.6) is 11.5 Å². The third kappa shape index (κ3) is 1.74. The molecule has 2 rings (SSSR count). The first-order valence-corrected chi connectivity index (χ1v) is 3.86. The topological polar surface area (TPSA) is 68.3 Å². The number of nitrogens with two attached hydrogens (primary N) is 1. The van der Waals surface area contributed by atoms with Crippen LogP contribution in [0.25, 0.3) is 0 Å². The molecule has 0 saturated carbocycles. The number of hydrogen-bond acceptors (Lipinski definition) is 4. The summed E-state index contributed by atoms with van der Waals surface area (Å²) < 4.78 is 10.3. The number of nitrogens with zero attached hydrogens (tertiary/aromatic N) is 1. The van der Waals surface area contributed by atoms with E-state index in [0.717, 1.165) is 5.56 Å². The second-order valence-electron chi connectivity index (χ2n) is 2.72. The molecule has 0 aliphatic carbocycles. The number of rotatable bonds is 1. The van der Waals surface area contributed by atoms with Crippen LogP contribution in [-0.2, 0) is 0 Å². The highest BCUT2D eigenvalue weighted by atomic mass is 35.5. The van der Waals surface area contributed by atoms with E-state index in [1.54, 1.807) is 18.2 Å². The van der Waals surface area contributed by atoms with Gasteiger partial charge in [-0.3, -0.25) is 0 Å². The van der Waals surface area contributed by atoms with Crippen LogP contribution in [-0.4, -0.2) is 6.79 Å². The van der Waals surface area contributed by atoms with Crippen molar-refractivity contribution < 1.29 is 9.47 Å². The minimum absolute atomic E-state index is 0. The van der Waals surface area contributed by atoms with Crippen molar-refractivity contribution in [3.05, 3.63) is 23.8 Å². The molecule has 1 atom stereocenters. The zero-order valence-electron chi connectivity index (χ0n) is 7.27. The van der Waals surface area contributed by atoms with Crippen molar-refractivity contribution in [3.8, 4) is 17.6 Å². The molecule has 0 spiro atoms. The van der Waals surface area contributed by atoms with Gasteiger partial charge >= 0.3 is 0 Å². The molecule has 1 aromatic rings. The Morgan fingerprint density at radius 2 is 2.07 bits per heavy atom. The molecule has 1 aliphatic rings. The number of fused-ring (bicyclic) bond motifs is 1. The monoisotopic (exact) mass is 212 g/mol. The maximum absolute atomic E-state index is 8.59. The van der Waals surface area contributed by atoms with Gasteiger partial charge in [0.05, 0.1) is 6.07 Å². The molecule has 1 aliphatic heterocycles. The second kappa shape index (κ2) is 4.18. The molecule has 0 amide bonds. The third-order valence-corrected chi connectivity index (χ3v) is 1.89. The Balaban J connectivity index is 0.000000980. The van der Waals surface area contributed by atoms with Crippen LogP contribution in [0.2, 0.25) is 0 Å². The minimum Gasteiger partial charge on any atom is -0.454 e. The molecule has 14 heavy (non-hydrogen) atoms. The fourth-order valence-electron chi connectivity index (χ4n) is 1.18. The van der Waals surface area contributed by atoms with Crippen LogP contribution in [0.15, 0.2) is 18.2 Å². The Morgan fingerprint density at radius 1 is 1.36 bits per heavy atom. The summed E-state index contributed by atoms with van der Waals surface area (Å²) in [5.74, 6) is 1.36. The van der Waals surface area contributed by atoms with Crippen LogP contribution in [0.1, 0.15) is 11.6 Å². The Hall–Kier alpha value is -1.44. The Labute approximate surface area is 87.6 Å². The summed E-state index contributed by atoms with van der Waals surface area (Å²) >= 11 is 0. The molecule has 0 fully saturated rings. The number of hydrogen-bond donors (Lipinski definition) is 1. The SMILES string of the molecule is Cl.N#CC(N)c1ccc2c(c1)OCO2. The van der Waals surface area contributed by atoms with E-state index in [-0.39, 0.29) is 19.2 Å². The average Bonchev–Trinajstić information content (AvgIpc) is 2.63. The molecule has 74 valence electrons. The van der Waals surface area contributed by atoms with Crippen LogP contribution in [0.4, 0.5) is 0 Å². The smallest absolute Gasteiger partial charge is 0.231 e.